The van der Waals surface area contributed by atoms with Crippen LogP contribution in [-0.2, 0) is 0 Å². The van der Waals surface area contributed by atoms with Gasteiger partial charge in [0.1, 0.15) is 0 Å². The molecule has 6 heteroatoms. The first-order chi connectivity index (χ1) is 22.3. The van der Waals surface area contributed by atoms with Crippen LogP contribution in [0.2, 0.25) is 0 Å². The van der Waals surface area contributed by atoms with Crippen molar-refractivity contribution in [1.29, 1.82) is 0 Å². The van der Waals surface area contributed by atoms with Crippen molar-refractivity contribution in [3.63, 3.8) is 0 Å². The molecule has 0 saturated carbocycles. The Bertz CT molecular complexity index is 2120. The molecule has 0 unspecified atom stereocenters. The summed E-state index contributed by atoms with van der Waals surface area (Å²) in [4.78, 5) is 0. The molecule has 0 aliphatic rings. The van der Waals surface area contributed by atoms with Gasteiger partial charge in [0.15, 0.2) is 22.7 Å². The van der Waals surface area contributed by atoms with E-state index in [1.54, 1.807) is 14.2 Å². The van der Waals surface area contributed by atoms with Gasteiger partial charge in [-0.05, 0) is 108 Å². The van der Waals surface area contributed by atoms with Crippen molar-refractivity contribution >= 4 is 51.6 Å². The number of ether oxygens (including phenoxy) is 2. The summed E-state index contributed by atoms with van der Waals surface area (Å²) >= 11 is 0. The zero-order valence-electron chi connectivity index (χ0n) is 27.1. The summed E-state index contributed by atoms with van der Waals surface area (Å²) in [6, 6.07) is 38.5. The van der Waals surface area contributed by atoms with Gasteiger partial charge in [-0.25, -0.2) is 0 Å². The van der Waals surface area contributed by atoms with E-state index in [2.05, 4.69) is 129 Å². The minimum absolute atomic E-state index is 0.0740. The van der Waals surface area contributed by atoms with Crippen LogP contribution in [0.1, 0.15) is 48.2 Å². The maximum atomic E-state index is 7.07. The summed E-state index contributed by atoms with van der Waals surface area (Å²) in [5.41, 5.74) is 5.85. The number of hydrogen-bond donors (Lipinski definition) is 0. The third kappa shape index (κ3) is 5.40. The molecule has 0 aliphatic carbocycles. The largest absolute Gasteiger partial charge is 0.493 e. The first kappa shape index (κ1) is 30.0. The Morgan fingerprint density at radius 1 is 0.543 bits per heavy atom. The maximum Gasteiger partial charge on any atom is 0.311 e. The normalized spacial score (nSPS) is 13.0. The average Bonchev–Trinajstić information content (AvgIpc) is 3.24. The molecule has 0 saturated heterocycles. The average molecular weight is 628 g/mol. The molecule has 7 aromatic rings. The molecule has 0 spiro atoms. The summed E-state index contributed by atoms with van der Waals surface area (Å²) in [7, 11) is 1.65. The van der Waals surface area contributed by atoms with Crippen molar-refractivity contribution in [3.05, 3.63) is 131 Å². The minimum Gasteiger partial charge on any atom is -0.493 e. The molecule has 5 nitrogen and oxygen atoms in total. The standard InChI is InChI=1S/C40H38NO4P/c1-25-19-35-36-20-26(2)22-38(43-6)40(36)45-46(44-39(35)37(21-25)42-5)41(27(3)31-17-15-29-11-7-9-13-33(29)23-31)28(4)32-18-16-30-12-8-10-14-34(30)24-32/h7-24,27-28H,1-6H3/t27-,28-/m0/s1. The van der Waals surface area contributed by atoms with E-state index in [4.69, 9.17) is 17.9 Å². The van der Waals surface area contributed by atoms with Crippen LogP contribution in [0.15, 0.2) is 118 Å². The summed E-state index contributed by atoms with van der Waals surface area (Å²) in [6.45, 7) is 8.62. The van der Waals surface area contributed by atoms with Gasteiger partial charge < -0.3 is 17.9 Å². The van der Waals surface area contributed by atoms with Crippen LogP contribution in [0, 0.1) is 13.8 Å². The highest BCUT2D eigenvalue weighted by molar-refractivity contribution is 7.39. The topological polar surface area (TPSA) is 48.0 Å². The minimum atomic E-state index is -1.74. The molecule has 0 aliphatic heterocycles. The van der Waals surface area contributed by atoms with Crippen LogP contribution >= 0.6 is 8.16 Å². The molecule has 0 amide bonds. The lowest BCUT2D eigenvalue weighted by atomic mass is 9.99. The highest BCUT2D eigenvalue weighted by atomic mass is 31.1. The fraction of sp³-hybridized carbons (Fsp3) is 0.200. The molecule has 0 N–H and O–H groups in total. The monoisotopic (exact) mass is 627 g/mol. The van der Waals surface area contributed by atoms with Crippen molar-refractivity contribution in [3.8, 4) is 11.5 Å². The van der Waals surface area contributed by atoms with Crippen LogP contribution in [0.4, 0.5) is 0 Å². The van der Waals surface area contributed by atoms with Crippen LogP contribution < -0.4 is 14.1 Å². The van der Waals surface area contributed by atoms with Gasteiger partial charge in [-0.2, -0.15) is 4.67 Å². The zero-order valence-corrected chi connectivity index (χ0v) is 28.0. The highest BCUT2D eigenvalue weighted by Crippen LogP contribution is 2.49. The Balaban J connectivity index is 1.54. The van der Waals surface area contributed by atoms with Crippen LogP contribution in [0.5, 0.6) is 11.5 Å². The van der Waals surface area contributed by atoms with E-state index >= 15 is 0 Å². The van der Waals surface area contributed by atoms with Crippen LogP contribution in [0.3, 0.4) is 0 Å². The Morgan fingerprint density at radius 2 is 0.957 bits per heavy atom. The van der Waals surface area contributed by atoms with Gasteiger partial charge in [0.2, 0.25) is 0 Å². The fourth-order valence-electron chi connectivity index (χ4n) is 6.50. The van der Waals surface area contributed by atoms with E-state index in [0.29, 0.717) is 22.7 Å². The lowest BCUT2D eigenvalue weighted by Gasteiger charge is -2.32. The van der Waals surface area contributed by atoms with E-state index in [1.807, 2.05) is 12.1 Å². The molecule has 6 aromatic carbocycles. The Kier molecular flexibility index (Phi) is 7.98. The van der Waals surface area contributed by atoms with Gasteiger partial charge in [-0.3, -0.25) is 0 Å². The zero-order chi connectivity index (χ0) is 31.9. The number of fused-ring (bicyclic) bond motifs is 5. The maximum absolute atomic E-state index is 7.07. The molecule has 1 aromatic heterocycles. The lowest BCUT2D eigenvalue weighted by Crippen LogP contribution is -2.27. The summed E-state index contributed by atoms with van der Waals surface area (Å²) in [5.74, 6) is 1.35. The van der Waals surface area contributed by atoms with Crippen molar-refractivity contribution in [2.24, 2.45) is 0 Å². The van der Waals surface area contributed by atoms with Gasteiger partial charge in [-0.15, -0.1) is 0 Å². The van der Waals surface area contributed by atoms with Crippen molar-refractivity contribution in [2.75, 3.05) is 18.9 Å². The van der Waals surface area contributed by atoms with Gasteiger partial charge >= 0.3 is 8.16 Å². The number of nitrogens with zero attached hydrogens (tertiary/aromatic N) is 1. The highest BCUT2D eigenvalue weighted by Gasteiger charge is 2.30. The predicted molar refractivity (Wildman–Crippen MR) is 192 cm³/mol. The van der Waals surface area contributed by atoms with E-state index in [-0.39, 0.29) is 12.1 Å². The SMILES string of the molecule is COc1cc(C)cc2c1op(N([C@@H](C)c1ccc3ccccc3c1)[C@@H](C)c1ccc3ccccc3c1)oc1c(OC)cc(C)cc12. The smallest absolute Gasteiger partial charge is 0.311 e. The van der Waals surface area contributed by atoms with Gasteiger partial charge in [-0.1, -0.05) is 72.8 Å². The number of benzene rings is 6. The third-order valence-corrected chi connectivity index (χ3v) is 10.7. The number of methoxy groups -OCH3 is 2. The second-order valence-corrected chi connectivity index (χ2v) is 13.4. The first-order valence-electron chi connectivity index (χ1n) is 15.6. The Labute approximate surface area is 270 Å². The van der Waals surface area contributed by atoms with Crippen molar-refractivity contribution in [1.82, 2.24) is 0 Å². The lowest BCUT2D eigenvalue weighted by molar-refractivity contribution is 0.410. The Hall–Kier alpha value is -4.70. The molecule has 0 radical (unpaired) electrons. The summed E-state index contributed by atoms with van der Waals surface area (Å²) < 4.78 is 28.4. The molecule has 7 rings (SSSR count). The Morgan fingerprint density at radius 3 is 1.37 bits per heavy atom. The summed E-state index contributed by atoms with van der Waals surface area (Å²) in [6.07, 6.45) is 0. The third-order valence-electron chi connectivity index (χ3n) is 8.96. The predicted octanol–water partition coefficient (Wildman–Crippen LogP) is 11.7. The van der Waals surface area contributed by atoms with Gasteiger partial charge in [0, 0.05) is 22.9 Å². The number of hydrogen-bond acceptors (Lipinski definition) is 5. The molecule has 232 valence electrons. The molecule has 1 heterocycles. The van der Waals surface area contributed by atoms with Gasteiger partial charge in [0.25, 0.3) is 0 Å². The molecule has 46 heavy (non-hydrogen) atoms. The number of aryl methyl sites for hydroxylation is 2. The molecular weight excluding hydrogens is 589 g/mol. The molecular formula is C40H38NO4P. The van der Waals surface area contributed by atoms with E-state index in [0.717, 1.165) is 21.9 Å². The molecule has 0 fully saturated rings. The van der Waals surface area contributed by atoms with E-state index < -0.39 is 8.16 Å². The second kappa shape index (κ2) is 12.2. The quantitative estimate of drug-likeness (QED) is 0.176. The fourth-order valence-corrected chi connectivity index (χ4v) is 8.25. The first-order valence-corrected chi connectivity index (χ1v) is 16.8. The second-order valence-electron chi connectivity index (χ2n) is 12.1. The molecule has 2 atom stereocenters. The van der Waals surface area contributed by atoms with Crippen molar-refractivity contribution < 1.29 is 17.9 Å². The van der Waals surface area contributed by atoms with Crippen LogP contribution in [-0.4, -0.2) is 14.2 Å². The number of rotatable bonds is 7. The molecule has 0 bridgehead atoms. The van der Waals surface area contributed by atoms with Crippen LogP contribution in [0.25, 0.3) is 43.5 Å². The summed E-state index contributed by atoms with van der Waals surface area (Å²) in [5, 5.41) is 6.67. The van der Waals surface area contributed by atoms with Gasteiger partial charge in [0.05, 0.1) is 14.2 Å². The van der Waals surface area contributed by atoms with E-state index in [1.165, 1.54) is 32.7 Å². The van der Waals surface area contributed by atoms with E-state index in [9.17, 15) is 0 Å². The van der Waals surface area contributed by atoms with Crippen molar-refractivity contribution in [2.45, 2.75) is 39.8 Å².